The number of aromatic amines is 1. The second kappa shape index (κ2) is 10.5. The average Bonchev–Trinajstić information content (AvgIpc) is 3.49. The van der Waals surface area contributed by atoms with E-state index in [1.165, 1.54) is 32.6 Å². The third-order valence-corrected chi connectivity index (χ3v) is 12.4. The highest BCUT2D eigenvalue weighted by atomic mass is 16.5. The predicted octanol–water partition coefficient (Wildman–Crippen LogP) is 7.26. The highest BCUT2D eigenvalue weighted by Gasteiger charge is 2.65. The number of H-pyrrole nitrogens is 1. The van der Waals surface area contributed by atoms with E-state index in [2.05, 4.69) is 44.0 Å². The maximum Gasteiger partial charge on any atom is 0.302 e. The molecule has 4 aliphatic rings. The highest BCUT2D eigenvalue weighted by Crippen LogP contribution is 2.69. The minimum atomic E-state index is -0.155. The molecule has 0 unspecified atom stereocenters. The Morgan fingerprint density at radius 3 is 2.52 bits per heavy atom. The first-order valence-corrected chi connectivity index (χ1v) is 15.9. The normalized spacial score (nSPS) is 39.6. The number of aromatic nitrogens is 2. The zero-order valence-electron chi connectivity index (χ0n) is 25.1. The molecule has 4 fully saturated rings. The molecule has 10 atom stereocenters. The average molecular weight is 549 g/mol. The number of carbonyl (C=O) groups is 2. The van der Waals surface area contributed by atoms with Gasteiger partial charge >= 0.3 is 11.9 Å². The summed E-state index contributed by atoms with van der Waals surface area (Å²) in [7, 11) is 0. The molecule has 0 bridgehead atoms. The summed E-state index contributed by atoms with van der Waals surface area (Å²) in [6.45, 7) is 10.5. The zero-order chi connectivity index (χ0) is 28.2. The van der Waals surface area contributed by atoms with Crippen LogP contribution in [0.15, 0.2) is 24.3 Å². The summed E-state index contributed by atoms with van der Waals surface area (Å²) in [6.07, 6.45) is 11.0. The zero-order valence-corrected chi connectivity index (χ0v) is 25.1. The first-order valence-electron chi connectivity index (χ1n) is 15.9. The molecule has 6 heteroatoms. The monoisotopic (exact) mass is 548 g/mol. The van der Waals surface area contributed by atoms with Crippen molar-refractivity contribution in [2.24, 2.45) is 46.3 Å². The number of benzene rings is 1. The molecule has 6 nitrogen and oxygen atoms in total. The fourth-order valence-electron chi connectivity index (χ4n) is 10.5. The molecule has 4 aliphatic carbocycles. The number of fused-ring (bicyclic) bond motifs is 6. The Morgan fingerprint density at radius 2 is 1.77 bits per heavy atom. The molecule has 4 saturated carbocycles. The van der Waals surface area contributed by atoms with Gasteiger partial charge in [0.1, 0.15) is 18.0 Å². The largest absolute Gasteiger partial charge is 0.463 e. The molecule has 1 N–H and O–H groups in total. The fraction of sp³-hybridized carbons (Fsp3) is 0.735. The predicted molar refractivity (Wildman–Crippen MR) is 155 cm³/mol. The number of nitrogens with zero attached hydrogens (tertiary/aromatic N) is 1. The van der Waals surface area contributed by atoms with Crippen molar-refractivity contribution in [2.45, 2.75) is 111 Å². The standard InChI is InChI=1S/C34H48N2O4/c1-20(10-15-32-35-29-8-6-7-9-30(29)36-32)26-13-14-27-25-12-11-23-18-24(39-21(2)37)16-17-33(23,4)28(25)19-31(34(26,27)5)40-22(3)38/h6-9,20,23-28,31H,10-19H2,1-5H3,(H,35,36)/t20-,23+,24+,25-,26+,27-,28-,31-,33-,34+/m0/s1. The van der Waals surface area contributed by atoms with Crippen LogP contribution in [0.4, 0.5) is 0 Å². The van der Waals surface area contributed by atoms with Gasteiger partial charge in [-0.3, -0.25) is 9.59 Å². The van der Waals surface area contributed by atoms with Gasteiger partial charge in [-0.15, -0.1) is 0 Å². The van der Waals surface area contributed by atoms with Crippen molar-refractivity contribution >= 4 is 23.0 Å². The van der Waals surface area contributed by atoms with E-state index in [0.29, 0.717) is 35.5 Å². The van der Waals surface area contributed by atoms with E-state index in [9.17, 15) is 9.59 Å². The van der Waals surface area contributed by atoms with Crippen LogP contribution in [0.25, 0.3) is 11.0 Å². The van der Waals surface area contributed by atoms with Gasteiger partial charge in [-0.2, -0.15) is 0 Å². The summed E-state index contributed by atoms with van der Waals surface area (Å²) < 4.78 is 12.0. The minimum Gasteiger partial charge on any atom is -0.463 e. The lowest BCUT2D eigenvalue weighted by atomic mass is 9.43. The van der Waals surface area contributed by atoms with Gasteiger partial charge in [0.2, 0.25) is 0 Å². The lowest BCUT2D eigenvalue weighted by Gasteiger charge is -2.62. The smallest absolute Gasteiger partial charge is 0.302 e. The van der Waals surface area contributed by atoms with Crippen molar-refractivity contribution in [2.75, 3.05) is 0 Å². The van der Waals surface area contributed by atoms with Gasteiger partial charge in [-0.25, -0.2) is 4.98 Å². The van der Waals surface area contributed by atoms with Crippen LogP contribution in [0, 0.1) is 46.3 Å². The fourth-order valence-corrected chi connectivity index (χ4v) is 10.5. The van der Waals surface area contributed by atoms with Crippen LogP contribution < -0.4 is 0 Å². The van der Waals surface area contributed by atoms with Gasteiger partial charge in [0.05, 0.1) is 11.0 Å². The third-order valence-electron chi connectivity index (χ3n) is 12.4. The number of hydrogen-bond donors (Lipinski definition) is 1. The molecule has 0 aliphatic heterocycles. The van der Waals surface area contributed by atoms with E-state index in [0.717, 1.165) is 55.4 Å². The van der Waals surface area contributed by atoms with Crippen LogP contribution in [0.2, 0.25) is 0 Å². The second-order valence-electron chi connectivity index (χ2n) is 14.3. The summed E-state index contributed by atoms with van der Waals surface area (Å²) in [4.78, 5) is 32.5. The molecule has 1 heterocycles. The number of para-hydroxylation sites is 2. The van der Waals surface area contributed by atoms with Crippen LogP contribution in [-0.4, -0.2) is 34.1 Å². The summed E-state index contributed by atoms with van der Waals surface area (Å²) in [5.41, 5.74) is 2.39. The Bertz CT molecular complexity index is 1220. The number of hydrogen-bond acceptors (Lipinski definition) is 5. The Hall–Kier alpha value is -2.37. The van der Waals surface area contributed by atoms with Gasteiger partial charge in [-0.05, 0) is 111 Å². The SMILES string of the molecule is CC(=O)O[C@@H]1CC[C@@]2(C)[C@H](CC[C@@H]3[C@@H]2C[C@H](OC(C)=O)[C@]2(C)[C@@H]([C@@H](C)CCc4nc5ccccc5[nH]4)CC[C@@H]32)C1. The molecular formula is C34H48N2O4. The van der Waals surface area contributed by atoms with Crippen molar-refractivity contribution in [3.8, 4) is 0 Å². The van der Waals surface area contributed by atoms with E-state index >= 15 is 0 Å². The van der Waals surface area contributed by atoms with Crippen LogP contribution >= 0.6 is 0 Å². The van der Waals surface area contributed by atoms with Crippen LogP contribution in [-0.2, 0) is 25.5 Å². The van der Waals surface area contributed by atoms with Crippen molar-refractivity contribution in [3.63, 3.8) is 0 Å². The number of nitrogens with one attached hydrogen (secondary N) is 1. The number of esters is 2. The van der Waals surface area contributed by atoms with Crippen molar-refractivity contribution in [3.05, 3.63) is 30.1 Å². The molecule has 218 valence electrons. The van der Waals surface area contributed by atoms with Crippen molar-refractivity contribution in [1.29, 1.82) is 0 Å². The van der Waals surface area contributed by atoms with Gasteiger partial charge < -0.3 is 14.5 Å². The second-order valence-corrected chi connectivity index (χ2v) is 14.3. The third kappa shape index (κ3) is 4.67. The first-order chi connectivity index (χ1) is 19.1. The summed E-state index contributed by atoms with van der Waals surface area (Å²) in [5, 5.41) is 0. The molecule has 0 saturated heterocycles. The molecule has 2 aromatic rings. The number of carbonyl (C=O) groups excluding carboxylic acids is 2. The summed E-state index contributed by atoms with van der Waals surface area (Å²) in [6, 6.07) is 8.26. The Kier molecular flexibility index (Phi) is 7.28. The number of imidazole rings is 1. The van der Waals surface area contributed by atoms with Gasteiger partial charge in [0.25, 0.3) is 0 Å². The topological polar surface area (TPSA) is 81.3 Å². The Balaban J connectivity index is 1.22. The Labute approximate surface area is 239 Å². The lowest BCUT2D eigenvalue weighted by molar-refractivity contribution is -0.197. The van der Waals surface area contributed by atoms with Crippen LogP contribution in [0.5, 0.6) is 0 Å². The molecule has 0 spiro atoms. The molecule has 40 heavy (non-hydrogen) atoms. The summed E-state index contributed by atoms with van der Waals surface area (Å²) in [5.74, 6) is 4.28. The first kappa shape index (κ1) is 27.8. The molecule has 1 aromatic carbocycles. The van der Waals surface area contributed by atoms with Crippen LogP contribution in [0.1, 0.15) is 98.2 Å². The summed E-state index contributed by atoms with van der Waals surface area (Å²) >= 11 is 0. The van der Waals surface area contributed by atoms with Crippen molar-refractivity contribution < 1.29 is 19.1 Å². The van der Waals surface area contributed by atoms with Crippen LogP contribution in [0.3, 0.4) is 0 Å². The number of aryl methyl sites for hydroxylation is 1. The maximum absolute atomic E-state index is 12.5. The maximum atomic E-state index is 12.5. The quantitative estimate of drug-likeness (QED) is 0.384. The molecule has 6 rings (SSSR count). The lowest BCUT2D eigenvalue weighted by Crippen LogP contribution is -2.59. The van der Waals surface area contributed by atoms with Crippen molar-refractivity contribution in [1.82, 2.24) is 9.97 Å². The minimum absolute atomic E-state index is 0.0122. The number of ether oxygens (including phenoxy) is 2. The van der Waals surface area contributed by atoms with E-state index in [1.807, 2.05) is 6.07 Å². The molecule has 1 aromatic heterocycles. The van der Waals surface area contributed by atoms with E-state index in [-0.39, 0.29) is 35.0 Å². The van der Waals surface area contributed by atoms with E-state index < -0.39 is 0 Å². The van der Waals surface area contributed by atoms with E-state index in [4.69, 9.17) is 14.5 Å². The van der Waals surface area contributed by atoms with Gasteiger partial charge in [-0.1, -0.05) is 32.9 Å². The van der Waals surface area contributed by atoms with Gasteiger partial charge in [0, 0.05) is 25.7 Å². The van der Waals surface area contributed by atoms with Gasteiger partial charge in [0.15, 0.2) is 0 Å². The Morgan fingerprint density at radius 1 is 1.00 bits per heavy atom. The highest BCUT2D eigenvalue weighted by molar-refractivity contribution is 5.74. The number of rotatable bonds is 6. The molecule has 0 radical (unpaired) electrons. The molecular weight excluding hydrogens is 500 g/mol. The van der Waals surface area contributed by atoms with E-state index in [1.54, 1.807) is 6.92 Å². The molecule has 0 amide bonds.